The van der Waals surface area contributed by atoms with Crippen LogP contribution < -0.4 is 15.6 Å². The standard InChI is InChI=1S/C27H24ClN7O2/c1-15-11-12-34-22(15)27(37)35(17-7-4-3-5-8-17)26(33-34)16(2)32-25-21-19(13-29-24(21)30-14-31-25)18-9-6-10-20(28)23(18)36/h3-14,16,26,33,36H,1-2H3,(H2,29,30,31,32)/t16-,26?/m0/s1. The summed E-state index contributed by atoms with van der Waals surface area (Å²) in [4.78, 5) is 27.5. The maximum absolute atomic E-state index is 13.7. The van der Waals surface area contributed by atoms with Crippen LogP contribution in [0.4, 0.5) is 11.5 Å². The molecule has 0 saturated carbocycles. The summed E-state index contributed by atoms with van der Waals surface area (Å²) >= 11 is 6.18. The van der Waals surface area contributed by atoms with Crippen molar-refractivity contribution < 1.29 is 9.90 Å². The smallest absolute Gasteiger partial charge is 0.278 e. The van der Waals surface area contributed by atoms with Gasteiger partial charge in [-0.15, -0.1) is 0 Å². The van der Waals surface area contributed by atoms with Gasteiger partial charge in [0.05, 0.1) is 16.5 Å². The second-order valence-electron chi connectivity index (χ2n) is 9.02. The molecule has 0 bridgehead atoms. The van der Waals surface area contributed by atoms with Crippen LogP contribution in [0.25, 0.3) is 22.2 Å². The van der Waals surface area contributed by atoms with Crippen molar-refractivity contribution in [1.29, 1.82) is 0 Å². The molecule has 9 nitrogen and oxygen atoms in total. The van der Waals surface area contributed by atoms with Gasteiger partial charge in [-0.05, 0) is 43.7 Å². The second kappa shape index (κ2) is 8.86. The Hall–Kier alpha value is -4.50. The fourth-order valence-electron chi connectivity index (χ4n) is 4.86. The lowest BCUT2D eigenvalue weighted by Crippen LogP contribution is -2.59. The lowest BCUT2D eigenvalue weighted by molar-refractivity contribution is 0.0954. The van der Waals surface area contributed by atoms with Crippen LogP contribution in [0.3, 0.4) is 0 Å². The van der Waals surface area contributed by atoms with E-state index in [1.807, 2.05) is 56.4 Å². The zero-order chi connectivity index (χ0) is 25.7. The Morgan fingerprint density at radius 1 is 1.08 bits per heavy atom. The van der Waals surface area contributed by atoms with Crippen LogP contribution in [0.1, 0.15) is 23.0 Å². The number of aromatic hydroxyl groups is 1. The van der Waals surface area contributed by atoms with Crippen molar-refractivity contribution in [3.05, 3.63) is 89.6 Å². The zero-order valence-electron chi connectivity index (χ0n) is 20.1. The number of phenolic OH excluding ortho intramolecular Hbond substituents is 1. The number of carbonyl (C=O) groups is 1. The van der Waals surface area contributed by atoms with E-state index in [-0.39, 0.29) is 22.7 Å². The van der Waals surface area contributed by atoms with Crippen molar-refractivity contribution in [1.82, 2.24) is 19.6 Å². The molecule has 4 N–H and O–H groups in total. The number of hydrogen-bond acceptors (Lipinski definition) is 6. The number of halogens is 1. The molecular weight excluding hydrogens is 490 g/mol. The lowest BCUT2D eigenvalue weighted by Gasteiger charge is -2.41. The van der Waals surface area contributed by atoms with Crippen LogP contribution in [0.5, 0.6) is 5.75 Å². The van der Waals surface area contributed by atoms with E-state index in [1.54, 1.807) is 34.0 Å². The zero-order valence-corrected chi connectivity index (χ0v) is 20.9. The monoisotopic (exact) mass is 513 g/mol. The van der Waals surface area contributed by atoms with Gasteiger partial charge in [0.15, 0.2) is 0 Å². The number of rotatable bonds is 5. The minimum atomic E-state index is -0.443. The van der Waals surface area contributed by atoms with Crippen LogP contribution >= 0.6 is 11.6 Å². The highest BCUT2D eigenvalue weighted by atomic mass is 35.5. The first kappa shape index (κ1) is 22.9. The number of hydrogen-bond donors (Lipinski definition) is 4. The van der Waals surface area contributed by atoms with Crippen molar-refractivity contribution >= 4 is 40.0 Å². The number of anilines is 2. The molecule has 2 aromatic carbocycles. The quantitative estimate of drug-likeness (QED) is 0.259. The summed E-state index contributed by atoms with van der Waals surface area (Å²) in [6, 6.07) is 16.4. The number of H-pyrrole nitrogens is 1. The molecule has 0 spiro atoms. The highest BCUT2D eigenvalue weighted by Gasteiger charge is 2.37. The van der Waals surface area contributed by atoms with Gasteiger partial charge in [0.2, 0.25) is 0 Å². The molecule has 3 aromatic heterocycles. The summed E-state index contributed by atoms with van der Waals surface area (Å²) in [6.07, 6.45) is 4.66. The van der Waals surface area contributed by atoms with E-state index in [1.165, 1.54) is 6.33 Å². The molecule has 0 fully saturated rings. The number of aromatic amines is 1. The number of nitrogens with one attached hydrogen (secondary N) is 3. The Kier molecular flexibility index (Phi) is 5.49. The predicted octanol–water partition coefficient (Wildman–Crippen LogP) is 5.12. The normalized spacial score (nSPS) is 15.9. The molecule has 186 valence electrons. The molecule has 0 saturated heterocycles. The van der Waals surface area contributed by atoms with E-state index >= 15 is 0 Å². The number of fused-ring (bicyclic) bond motifs is 2. The number of aryl methyl sites for hydroxylation is 1. The Balaban J connectivity index is 1.42. The fraction of sp³-hybridized carbons (Fsp3) is 0.148. The number of benzene rings is 2. The third-order valence-corrected chi connectivity index (χ3v) is 6.98. The van der Waals surface area contributed by atoms with Crippen molar-refractivity contribution in [3.8, 4) is 16.9 Å². The molecule has 1 amide bonds. The first-order chi connectivity index (χ1) is 17.9. The van der Waals surface area contributed by atoms with Crippen LogP contribution in [-0.4, -0.2) is 42.8 Å². The van der Waals surface area contributed by atoms with Gasteiger partial charge >= 0.3 is 0 Å². The number of aromatic nitrogens is 4. The number of amides is 1. The first-order valence-corrected chi connectivity index (χ1v) is 12.2. The average Bonchev–Trinajstić information content (AvgIpc) is 3.50. The highest BCUT2D eigenvalue weighted by molar-refractivity contribution is 6.32. The Morgan fingerprint density at radius 3 is 2.70 bits per heavy atom. The van der Waals surface area contributed by atoms with E-state index in [9.17, 15) is 9.90 Å². The molecule has 0 radical (unpaired) electrons. The summed E-state index contributed by atoms with van der Waals surface area (Å²) in [6.45, 7) is 3.91. The number of nitrogens with zero attached hydrogens (tertiary/aromatic N) is 4. The van der Waals surface area contributed by atoms with E-state index in [4.69, 9.17) is 11.6 Å². The SMILES string of the molecule is Cc1ccn2c1C(=O)N(c1ccccc1)C([C@H](C)Nc1ncnc3[nH]cc(-c4cccc(Cl)c4O)c13)N2. The van der Waals surface area contributed by atoms with Crippen LogP contribution in [0, 0.1) is 6.92 Å². The minimum Gasteiger partial charge on any atom is -0.506 e. The summed E-state index contributed by atoms with van der Waals surface area (Å²) < 4.78 is 1.78. The lowest BCUT2D eigenvalue weighted by atomic mass is 10.0. The second-order valence-corrected chi connectivity index (χ2v) is 9.43. The number of carbonyl (C=O) groups excluding carboxylic acids is 1. The molecule has 1 unspecified atom stereocenters. The van der Waals surface area contributed by atoms with E-state index in [0.29, 0.717) is 33.7 Å². The summed E-state index contributed by atoms with van der Waals surface area (Å²) in [7, 11) is 0. The van der Waals surface area contributed by atoms with Crippen molar-refractivity contribution in [3.63, 3.8) is 0 Å². The number of para-hydroxylation sites is 2. The molecule has 0 aliphatic carbocycles. The van der Waals surface area contributed by atoms with Crippen molar-refractivity contribution in [2.75, 3.05) is 15.6 Å². The predicted molar refractivity (Wildman–Crippen MR) is 145 cm³/mol. The van der Waals surface area contributed by atoms with Crippen LogP contribution in [0.15, 0.2) is 73.3 Å². The molecule has 1 aliphatic heterocycles. The molecule has 37 heavy (non-hydrogen) atoms. The van der Waals surface area contributed by atoms with Gasteiger partial charge in [0.25, 0.3) is 5.91 Å². The maximum atomic E-state index is 13.7. The maximum Gasteiger partial charge on any atom is 0.278 e. The van der Waals surface area contributed by atoms with Gasteiger partial charge in [0.1, 0.15) is 35.4 Å². The molecule has 4 heterocycles. The van der Waals surface area contributed by atoms with Crippen molar-refractivity contribution in [2.45, 2.75) is 26.1 Å². The highest BCUT2D eigenvalue weighted by Crippen LogP contribution is 2.40. The molecule has 1 aliphatic rings. The Labute approximate surface area is 217 Å². The molecular formula is C27H24ClN7O2. The molecule has 6 rings (SSSR count). The largest absolute Gasteiger partial charge is 0.506 e. The topological polar surface area (TPSA) is 111 Å². The Morgan fingerprint density at radius 2 is 1.89 bits per heavy atom. The summed E-state index contributed by atoms with van der Waals surface area (Å²) in [5.41, 5.74) is 7.63. The third-order valence-electron chi connectivity index (χ3n) is 6.68. The average molecular weight is 514 g/mol. The van der Waals surface area contributed by atoms with E-state index in [0.717, 1.165) is 11.3 Å². The summed E-state index contributed by atoms with van der Waals surface area (Å²) in [5.74, 6) is 0.452. The van der Waals surface area contributed by atoms with E-state index < -0.39 is 6.17 Å². The Bertz CT molecular complexity index is 1630. The van der Waals surface area contributed by atoms with Crippen molar-refractivity contribution in [2.24, 2.45) is 0 Å². The van der Waals surface area contributed by atoms with Gasteiger partial charge in [-0.25, -0.2) is 9.97 Å². The van der Waals surface area contributed by atoms with Gasteiger partial charge in [0, 0.05) is 29.2 Å². The van der Waals surface area contributed by atoms with Gasteiger partial charge in [-0.2, -0.15) is 0 Å². The first-order valence-electron chi connectivity index (χ1n) is 11.8. The summed E-state index contributed by atoms with van der Waals surface area (Å²) in [5, 5.41) is 15.1. The molecule has 10 heteroatoms. The fourth-order valence-corrected chi connectivity index (χ4v) is 5.04. The van der Waals surface area contributed by atoms with Gasteiger partial charge < -0.3 is 20.8 Å². The molecule has 2 atom stereocenters. The molecule has 5 aromatic rings. The van der Waals surface area contributed by atoms with Gasteiger partial charge in [-0.1, -0.05) is 41.9 Å². The third kappa shape index (κ3) is 3.75. The van der Waals surface area contributed by atoms with Crippen LogP contribution in [-0.2, 0) is 0 Å². The van der Waals surface area contributed by atoms with Crippen LogP contribution in [0.2, 0.25) is 5.02 Å². The minimum absolute atomic E-state index is 0.0155. The number of phenols is 1. The van der Waals surface area contributed by atoms with Gasteiger partial charge in [-0.3, -0.25) is 14.4 Å². The van der Waals surface area contributed by atoms with E-state index in [2.05, 4.69) is 25.7 Å².